The van der Waals surface area contributed by atoms with Gasteiger partial charge in [-0.2, -0.15) is 0 Å². The molecule has 0 aliphatic carbocycles. The molecule has 4 heteroatoms. The molecule has 2 aromatic rings. The number of rotatable bonds is 5. The third-order valence-electron chi connectivity index (χ3n) is 2.93. The molecule has 0 radical (unpaired) electrons. The molecule has 4 nitrogen and oxygen atoms in total. The van der Waals surface area contributed by atoms with Gasteiger partial charge >= 0.3 is 5.97 Å². The van der Waals surface area contributed by atoms with Crippen LogP contribution < -0.4 is 4.74 Å². The second-order valence-corrected chi connectivity index (χ2v) is 4.60. The first-order valence-electron chi connectivity index (χ1n) is 6.48. The predicted octanol–water partition coefficient (Wildman–Crippen LogP) is 3.38. The molecule has 0 spiro atoms. The largest absolute Gasteiger partial charge is 0.478 e. The zero-order chi connectivity index (χ0) is 15.2. The number of hydrogen-bond donors (Lipinski definition) is 2. The molecule has 0 saturated carbocycles. The van der Waals surface area contributed by atoms with Crippen molar-refractivity contribution in [2.24, 2.45) is 0 Å². The van der Waals surface area contributed by atoms with E-state index in [-0.39, 0.29) is 6.61 Å². The molecule has 2 aromatic carbocycles. The number of benzene rings is 2. The van der Waals surface area contributed by atoms with Crippen LogP contribution in [0.25, 0.3) is 6.08 Å². The van der Waals surface area contributed by atoms with Gasteiger partial charge in [0.1, 0.15) is 11.5 Å². The summed E-state index contributed by atoms with van der Waals surface area (Å²) in [6.45, 7) is 1.86. The fraction of sp³-hybridized carbons (Fsp3) is 0.118. The minimum absolute atomic E-state index is 0.0326. The lowest BCUT2D eigenvalue weighted by molar-refractivity contribution is -0.131. The molecular formula is C17H16O4. The van der Waals surface area contributed by atoms with Gasteiger partial charge in [-0.05, 0) is 54.0 Å². The van der Waals surface area contributed by atoms with Crippen LogP contribution in [-0.4, -0.2) is 16.2 Å². The molecule has 0 saturated heterocycles. The maximum atomic E-state index is 10.5. The summed E-state index contributed by atoms with van der Waals surface area (Å²) in [6.07, 6.45) is 2.63. The Hall–Kier alpha value is -2.59. The number of aliphatic carboxylic acids is 1. The molecule has 0 bridgehead atoms. The molecule has 0 amide bonds. The van der Waals surface area contributed by atoms with Crippen molar-refractivity contribution in [1.29, 1.82) is 0 Å². The Kier molecular flexibility index (Phi) is 4.74. The van der Waals surface area contributed by atoms with Crippen LogP contribution in [0, 0.1) is 6.92 Å². The van der Waals surface area contributed by atoms with Crippen molar-refractivity contribution in [3.8, 4) is 11.5 Å². The highest BCUT2D eigenvalue weighted by atomic mass is 16.5. The number of ether oxygens (including phenoxy) is 1. The fourth-order valence-corrected chi connectivity index (χ4v) is 1.89. The fourth-order valence-electron chi connectivity index (χ4n) is 1.89. The van der Waals surface area contributed by atoms with Crippen molar-refractivity contribution in [3.05, 3.63) is 65.2 Å². The van der Waals surface area contributed by atoms with Gasteiger partial charge in [-0.3, -0.25) is 0 Å². The smallest absolute Gasteiger partial charge is 0.328 e. The van der Waals surface area contributed by atoms with Crippen molar-refractivity contribution in [3.63, 3.8) is 0 Å². The molecule has 2 rings (SSSR count). The molecule has 0 unspecified atom stereocenters. The highest BCUT2D eigenvalue weighted by Crippen LogP contribution is 2.26. The van der Waals surface area contributed by atoms with E-state index < -0.39 is 5.97 Å². The number of carbonyl (C=O) groups is 1. The molecule has 0 aliphatic heterocycles. The maximum Gasteiger partial charge on any atom is 0.328 e. The minimum Gasteiger partial charge on any atom is -0.478 e. The van der Waals surface area contributed by atoms with E-state index in [2.05, 4.69) is 0 Å². The summed E-state index contributed by atoms with van der Waals surface area (Å²) in [5.41, 5.74) is 2.48. The van der Waals surface area contributed by atoms with Crippen LogP contribution in [0.1, 0.15) is 16.7 Å². The number of aliphatic hydroxyl groups excluding tert-OH is 1. The number of aryl methyl sites for hydroxylation is 1. The second-order valence-electron chi connectivity index (χ2n) is 4.60. The van der Waals surface area contributed by atoms with Gasteiger partial charge in [0.2, 0.25) is 0 Å². The Bertz CT molecular complexity index is 674. The summed E-state index contributed by atoms with van der Waals surface area (Å²) in [6, 6.07) is 12.7. The van der Waals surface area contributed by atoms with Crippen LogP contribution in [0.4, 0.5) is 0 Å². The summed E-state index contributed by atoms with van der Waals surface area (Å²) in [5, 5.41) is 17.7. The van der Waals surface area contributed by atoms with E-state index in [0.29, 0.717) is 11.5 Å². The van der Waals surface area contributed by atoms with Gasteiger partial charge in [-0.25, -0.2) is 4.79 Å². The topological polar surface area (TPSA) is 66.8 Å². The first-order valence-corrected chi connectivity index (χ1v) is 6.48. The zero-order valence-corrected chi connectivity index (χ0v) is 11.6. The molecule has 2 N–H and O–H groups in total. The van der Waals surface area contributed by atoms with E-state index in [1.54, 1.807) is 18.2 Å². The van der Waals surface area contributed by atoms with Crippen molar-refractivity contribution >= 4 is 12.0 Å². The van der Waals surface area contributed by atoms with Crippen LogP contribution >= 0.6 is 0 Å². The van der Waals surface area contributed by atoms with E-state index in [1.165, 1.54) is 6.08 Å². The summed E-state index contributed by atoms with van der Waals surface area (Å²) in [7, 11) is 0. The summed E-state index contributed by atoms with van der Waals surface area (Å²) in [4.78, 5) is 10.5. The Balaban J connectivity index is 2.19. The summed E-state index contributed by atoms with van der Waals surface area (Å²) < 4.78 is 5.78. The van der Waals surface area contributed by atoms with Crippen LogP contribution in [0.15, 0.2) is 48.5 Å². The van der Waals surface area contributed by atoms with E-state index in [1.807, 2.05) is 31.2 Å². The first kappa shape index (κ1) is 14.8. The summed E-state index contributed by atoms with van der Waals surface area (Å²) >= 11 is 0. The van der Waals surface area contributed by atoms with E-state index >= 15 is 0 Å². The highest BCUT2D eigenvalue weighted by molar-refractivity contribution is 5.85. The van der Waals surface area contributed by atoms with Gasteiger partial charge in [-0.1, -0.05) is 18.2 Å². The predicted molar refractivity (Wildman–Crippen MR) is 80.3 cm³/mol. The average molecular weight is 284 g/mol. The zero-order valence-electron chi connectivity index (χ0n) is 11.6. The van der Waals surface area contributed by atoms with Crippen molar-refractivity contribution in [2.45, 2.75) is 13.5 Å². The highest BCUT2D eigenvalue weighted by Gasteiger charge is 2.03. The van der Waals surface area contributed by atoms with Crippen LogP contribution in [0.5, 0.6) is 11.5 Å². The number of aliphatic hydroxyl groups is 1. The summed E-state index contributed by atoms with van der Waals surface area (Å²) in [5.74, 6) is 0.366. The molecule has 0 aromatic heterocycles. The molecule has 0 heterocycles. The molecule has 21 heavy (non-hydrogen) atoms. The number of carboxylic acids is 1. The lowest BCUT2D eigenvalue weighted by atomic mass is 10.1. The van der Waals surface area contributed by atoms with Crippen LogP contribution in [0.2, 0.25) is 0 Å². The SMILES string of the molecule is Cc1cc(C=CC(=O)O)ccc1Oc1cccc(CO)c1. The average Bonchev–Trinajstić information content (AvgIpc) is 2.48. The van der Waals surface area contributed by atoms with Gasteiger partial charge in [0.15, 0.2) is 0 Å². The van der Waals surface area contributed by atoms with Crippen molar-refractivity contribution in [2.75, 3.05) is 0 Å². The first-order chi connectivity index (χ1) is 10.1. The maximum absolute atomic E-state index is 10.5. The van der Waals surface area contributed by atoms with Crippen LogP contribution in [0.3, 0.4) is 0 Å². The Morgan fingerprint density at radius 2 is 2.05 bits per heavy atom. The van der Waals surface area contributed by atoms with E-state index in [0.717, 1.165) is 22.8 Å². The van der Waals surface area contributed by atoms with Gasteiger partial charge in [-0.15, -0.1) is 0 Å². The van der Waals surface area contributed by atoms with Crippen LogP contribution in [-0.2, 0) is 11.4 Å². The Labute approximate surface area is 122 Å². The molecular weight excluding hydrogens is 268 g/mol. The molecule has 0 fully saturated rings. The number of hydrogen-bond acceptors (Lipinski definition) is 3. The lowest BCUT2D eigenvalue weighted by Gasteiger charge is -2.10. The number of carboxylic acid groups (broad SMARTS) is 1. The van der Waals surface area contributed by atoms with E-state index in [4.69, 9.17) is 14.9 Å². The molecule has 0 aliphatic rings. The Morgan fingerprint density at radius 1 is 1.24 bits per heavy atom. The quantitative estimate of drug-likeness (QED) is 0.826. The van der Waals surface area contributed by atoms with E-state index in [9.17, 15) is 4.79 Å². The standard InChI is InChI=1S/C17H16O4/c1-12-9-13(6-8-17(19)20)5-7-16(12)21-15-4-2-3-14(10-15)11-18/h2-10,18H,11H2,1H3,(H,19,20). The van der Waals surface area contributed by atoms with Crippen molar-refractivity contribution in [1.82, 2.24) is 0 Å². The van der Waals surface area contributed by atoms with Gasteiger partial charge in [0.25, 0.3) is 0 Å². The second kappa shape index (κ2) is 6.72. The monoisotopic (exact) mass is 284 g/mol. The lowest BCUT2D eigenvalue weighted by Crippen LogP contribution is -1.90. The van der Waals surface area contributed by atoms with Gasteiger partial charge < -0.3 is 14.9 Å². The third kappa shape index (κ3) is 4.19. The minimum atomic E-state index is -0.978. The normalized spacial score (nSPS) is 10.8. The third-order valence-corrected chi connectivity index (χ3v) is 2.93. The molecule has 108 valence electrons. The van der Waals surface area contributed by atoms with Gasteiger partial charge in [0, 0.05) is 6.08 Å². The van der Waals surface area contributed by atoms with Gasteiger partial charge in [0.05, 0.1) is 6.61 Å². The van der Waals surface area contributed by atoms with Crippen molar-refractivity contribution < 1.29 is 19.7 Å². The Morgan fingerprint density at radius 3 is 2.71 bits per heavy atom. The molecule has 0 atom stereocenters.